The number of rotatable bonds is 3. The van der Waals surface area contributed by atoms with Gasteiger partial charge < -0.3 is 9.47 Å². The van der Waals surface area contributed by atoms with Gasteiger partial charge in [-0.15, -0.1) is 0 Å². The van der Waals surface area contributed by atoms with E-state index in [4.69, 9.17) is 0 Å². The lowest BCUT2D eigenvalue weighted by molar-refractivity contribution is -0.225. The molecule has 1 aliphatic rings. The minimum absolute atomic E-state index is 0.149. The maximum atomic E-state index is 10.8. The number of carbonyl (C=O) groups is 2. The highest BCUT2D eigenvalue weighted by atomic mass is 16.9. The normalized spacial score (nSPS) is 22.1. The Kier molecular flexibility index (Phi) is 3.04. The largest absolute Gasteiger partial charge is 0.400 e. The first-order valence-electron chi connectivity index (χ1n) is 3.73. The molecular formula is C7H10O5. The van der Waals surface area contributed by atoms with Gasteiger partial charge >= 0.3 is 18.4 Å². The van der Waals surface area contributed by atoms with E-state index >= 15 is 0 Å². The Hall–Kier alpha value is -1.10. The summed E-state index contributed by atoms with van der Waals surface area (Å²) in [6.45, 7) is 0.573. The van der Waals surface area contributed by atoms with Crippen molar-refractivity contribution in [3.8, 4) is 0 Å². The molecule has 1 fully saturated rings. The van der Waals surface area contributed by atoms with Crippen molar-refractivity contribution in [2.24, 2.45) is 0 Å². The lowest BCUT2D eigenvalue weighted by atomic mass is 10.3. The quantitative estimate of drug-likeness (QED) is 0.571. The van der Waals surface area contributed by atoms with Gasteiger partial charge in [0, 0.05) is 6.42 Å². The molecule has 1 heterocycles. The van der Waals surface area contributed by atoms with Crippen molar-refractivity contribution in [3.05, 3.63) is 0 Å². The Morgan fingerprint density at radius 3 is 3.00 bits per heavy atom. The Bertz CT molecular complexity index is 188. The molecule has 0 aromatic carbocycles. The molecule has 0 N–H and O–H groups in total. The van der Waals surface area contributed by atoms with Crippen LogP contribution in [0.5, 0.6) is 0 Å². The van der Waals surface area contributed by atoms with Gasteiger partial charge in [0.25, 0.3) is 0 Å². The third-order valence-corrected chi connectivity index (χ3v) is 1.25. The molecule has 1 aliphatic heterocycles. The van der Waals surface area contributed by atoms with Crippen LogP contribution in [-0.2, 0) is 23.8 Å². The predicted octanol–water partition coefficient (Wildman–Crippen LogP) is 0.187. The summed E-state index contributed by atoms with van der Waals surface area (Å²) in [6, 6.07) is 0. The molecule has 1 rings (SSSR count). The van der Waals surface area contributed by atoms with Gasteiger partial charge in [-0.05, 0) is 6.42 Å². The molecule has 0 aliphatic carbocycles. The molecule has 0 aromatic heterocycles. The summed E-state index contributed by atoms with van der Waals surface area (Å²) in [4.78, 5) is 21.3. The van der Waals surface area contributed by atoms with E-state index in [-0.39, 0.29) is 6.61 Å². The molecule has 5 nitrogen and oxygen atoms in total. The Balaban J connectivity index is 2.23. The van der Waals surface area contributed by atoms with E-state index in [2.05, 4.69) is 14.2 Å². The fourth-order valence-electron chi connectivity index (χ4n) is 0.740. The minimum Gasteiger partial charge on any atom is -0.400 e. The average molecular weight is 174 g/mol. The number of cyclic esters (lactones) is 1. The standard InChI is InChI=1S/C7H10O5/c1-2-3-5(8)11-7-10-4-6(9)12-7/h7H,2-4H2,1H3. The SMILES string of the molecule is CCCC(=O)OC1OCC(=O)O1. The summed E-state index contributed by atoms with van der Waals surface area (Å²) < 4.78 is 13.8. The van der Waals surface area contributed by atoms with Crippen LogP contribution >= 0.6 is 0 Å². The van der Waals surface area contributed by atoms with E-state index in [9.17, 15) is 9.59 Å². The smallest absolute Gasteiger partial charge is 0.365 e. The molecule has 0 spiro atoms. The van der Waals surface area contributed by atoms with Crippen LogP contribution < -0.4 is 0 Å². The maximum Gasteiger partial charge on any atom is 0.365 e. The summed E-state index contributed by atoms with van der Waals surface area (Å²) in [7, 11) is 0. The van der Waals surface area contributed by atoms with E-state index in [0.717, 1.165) is 0 Å². The van der Waals surface area contributed by atoms with Crippen LogP contribution in [0.3, 0.4) is 0 Å². The number of esters is 2. The van der Waals surface area contributed by atoms with Crippen LogP contribution in [-0.4, -0.2) is 25.0 Å². The second-order valence-corrected chi connectivity index (χ2v) is 2.33. The zero-order chi connectivity index (χ0) is 8.97. The lowest BCUT2D eigenvalue weighted by Crippen LogP contribution is -2.18. The number of ether oxygens (including phenoxy) is 3. The van der Waals surface area contributed by atoms with Crippen molar-refractivity contribution < 1.29 is 23.8 Å². The first-order valence-corrected chi connectivity index (χ1v) is 3.73. The highest BCUT2D eigenvalue weighted by Gasteiger charge is 2.26. The van der Waals surface area contributed by atoms with Crippen molar-refractivity contribution in [2.45, 2.75) is 26.2 Å². The third-order valence-electron chi connectivity index (χ3n) is 1.25. The molecule has 0 radical (unpaired) electrons. The van der Waals surface area contributed by atoms with Gasteiger partial charge in [-0.25, -0.2) is 4.79 Å². The first kappa shape index (κ1) is 8.99. The van der Waals surface area contributed by atoms with E-state index in [1.807, 2.05) is 6.92 Å². The number of hydrogen-bond acceptors (Lipinski definition) is 5. The summed E-state index contributed by atoms with van der Waals surface area (Å²) in [5.74, 6) is -0.929. The molecule has 1 saturated heterocycles. The third kappa shape index (κ3) is 2.50. The monoisotopic (exact) mass is 174 g/mol. The molecule has 12 heavy (non-hydrogen) atoms. The molecule has 1 unspecified atom stereocenters. The van der Waals surface area contributed by atoms with E-state index in [1.165, 1.54) is 0 Å². The fourth-order valence-corrected chi connectivity index (χ4v) is 0.740. The fraction of sp³-hybridized carbons (Fsp3) is 0.714. The Labute approximate surface area is 69.6 Å². The van der Waals surface area contributed by atoms with E-state index < -0.39 is 18.4 Å². The maximum absolute atomic E-state index is 10.8. The van der Waals surface area contributed by atoms with Crippen LogP contribution in [0, 0.1) is 0 Å². The van der Waals surface area contributed by atoms with Gasteiger partial charge in [0.15, 0.2) is 6.61 Å². The number of hydrogen-bond donors (Lipinski definition) is 0. The zero-order valence-electron chi connectivity index (χ0n) is 6.74. The molecule has 0 saturated carbocycles. The van der Waals surface area contributed by atoms with Crippen molar-refractivity contribution in [3.63, 3.8) is 0 Å². The van der Waals surface area contributed by atoms with Crippen LogP contribution in [0.4, 0.5) is 0 Å². The summed E-state index contributed by atoms with van der Waals surface area (Å²) in [6.07, 6.45) is 0.997. The second kappa shape index (κ2) is 4.06. The van der Waals surface area contributed by atoms with Crippen molar-refractivity contribution in [1.29, 1.82) is 0 Å². The molecule has 5 heteroatoms. The van der Waals surface area contributed by atoms with Crippen LogP contribution in [0.1, 0.15) is 19.8 Å². The van der Waals surface area contributed by atoms with Crippen LogP contribution in [0.25, 0.3) is 0 Å². The Morgan fingerprint density at radius 1 is 1.75 bits per heavy atom. The number of carbonyl (C=O) groups excluding carboxylic acids is 2. The topological polar surface area (TPSA) is 61.8 Å². The van der Waals surface area contributed by atoms with Crippen molar-refractivity contribution in [1.82, 2.24) is 0 Å². The highest BCUT2D eigenvalue weighted by Crippen LogP contribution is 2.07. The zero-order valence-corrected chi connectivity index (χ0v) is 6.74. The van der Waals surface area contributed by atoms with Crippen LogP contribution in [0.2, 0.25) is 0 Å². The van der Waals surface area contributed by atoms with Gasteiger partial charge in [-0.3, -0.25) is 9.53 Å². The molecule has 0 aromatic rings. The summed E-state index contributed by atoms with van der Waals surface area (Å²) in [5, 5.41) is 0. The van der Waals surface area contributed by atoms with E-state index in [1.54, 1.807) is 0 Å². The molecular weight excluding hydrogens is 164 g/mol. The van der Waals surface area contributed by atoms with E-state index in [0.29, 0.717) is 12.8 Å². The van der Waals surface area contributed by atoms with Gasteiger partial charge in [-0.1, -0.05) is 6.92 Å². The van der Waals surface area contributed by atoms with Gasteiger partial charge in [0.1, 0.15) is 0 Å². The highest BCUT2D eigenvalue weighted by molar-refractivity contribution is 5.73. The average Bonchev–Trinajstić information content (AvgIpc) is 2.36. The summed E-state index contributed by atoms with van der Waals surface area (Å²) >= 11 is 0. The first-order chi connectivity index (χ1) is 5.72. The molecule has 68 valence electrons. The second-order valence-electron chi connectivity index (χ2n) is 2.33. The predicted molar refractivity (Wildman–Crippen MR) is 36.8 cm³/mol. The molecule has 1 atom stereocenters. The van der Waals surface area contributed by atoms with Gasteiger partial charge in [0.05, 0.1) is 0 Å². The summed E-state index contributed by atoms with van der Waals surface area (Å²) in [5.41, 5.74) is 0. The molecule has 0 amide bonds. The van der Waals surface area contributed by atoms with Gasteiger partial charge in [0.2, 0.25) is 0 Å². The molecule has 0 bridgehead atoms. The van der Waals surface area contributed by atoms with Crippen molar-refractivity contribution in [2.75, 3.05) is 6.61 Å². The van der Waals surface area contributed by atoms with Crippen molar-refractivity contribution >= 4 is 11.9 Å². The van der Waals surface area contributed by atoms with Gasteiger partial charge in [-0.2, -0.15) is 0 Å². The minimum atomic E-state index is -1.13. The van der Waals surface area contributed by atoms with Crippen LogP contribution in [0.15, 0.2) is 0 Å². The Morgan fingerprint density at radius 2 is 2.50 bits per heavy atom. The lowest BCUT2D eigenvalue weighted by Gasteiger charge is -2.08.